The quantitative estimate of drug-likeness (QED) is 0.696. The number of carbonyl (C=O) groups is 1. The molecule has 26 heavy (non-hydrogen) atoms. The Labute approximate surface area is 162 Å². The van der Waals surface area contributed by atoms with E-state index in [1.807, 2.05) is 42.5 Å². The highest BCUT2D eigenvalue weighted by Gasteiger charge is 2.34. The molecule has 0 radical (unpaired) electrons. The summed E-state index contributed by atoms with van der Waals surface area (Å²) in [5.74, 6) is 0.538. The highest BCUT2D eigenvalue weighted by atomic mass is 79.9. The molecule has 0 bridgehead atoms. The van der Waals surface area contributed by atoms with Crippen molar-refractivity contribution < 1.29 is 17.9 Å². The molecule has 7 heteroatoms. The molecule has 1 atom stereocenters. The first-order chi connectivity index (χ1) is 12.4. The van der Waals surface area contributed by atoms with E-state index in [0.29, 0.717) is 18.7 Å². The monoisotopic (exact) mass is 437 g/mol. The molecule has 1 saturated heterocycles. The number of rotatable bonds is 6. The van der Waals surface area contributed by atoms with Crippen LogP contribution in [0.4, 0.5) is 0 Å². The summed E-state index contributed by atoms with van der Waals surface area (Å²) in [6.45, 7) is 0.241. The summed E-state index contributed by atoms with van der Waals surface area (Å²) in [6.07, 6.45) is 0.466. The van der Waals surface area contributed by atoms with Crippen molar-refractivity contribution in [3.05, 3.63) is 64.6 Å². The van der Waals surface area contributed by atoms with Crippen LogP contribution >= 0.6 is 15.9 Å². The Morgan fingerprint density at radius 1 is 1.15 bits per heavy atom. The van der Waals surface area contributed by atoms with E-state index in [1.165, 1.54) is 0 Å². The van der Waals surface area contributed by atoms with Crippen LogP contribution in [0.15, 0.2) is 59.1 Å². The lowest BCUT2D eigenvalue weighted by molar-refractivity contribution is -0.136. The minimum absolute atomic E-state index is 0.0120. The number of hydrogen-bond donors (Lipinski definition) is 0. The Kier molecular flexibility index (Phi) is 5.98. The van der Waals surface area contributed by atoms with Gasteiger partial charge < -0.3 is 9.64 Å². The van der Waals surface area contributed by atoms with Crippen molar-refractivity contribution in [2.75, 3.05) is 18.1 Å². The van der Waals surface area contributed by atoms with Gasteiger partial charge in [-0.1, -0.05) is 46.3 Å². The van der Waals surface area contributed by atoms with E-state index in [1.54, 1.807) is 17.0 Å². The lowest BCUT2D eigenvalue weighted by Crippen LogP contribution is -2.43. The maximum absolute atomic E-state index is 12.8. The molecule has 1 heterocycles. The zero-order chi connectivity index (χ0) is 18.6. The molecule has 3 rings (SSSR count). The lowest BCUT2D eigenvalue weighted by atomic mass is 10.1. The van der Waals surface area contributed by atoms with Gasteiger partial charge in [0.05, 0.1) is 11.5 Å². The van der Waals surface area contributed by atoms with Gasteiger partial charge in [0.1, 0.15) is 5.75 Å². The van der Waals surface area contributed by atoms with Gasteiger partial charge in [-0.25, -0.2) is 8.42 Å². The van der Waals surface area contributed by atoms with Crippen LogP contribution in [-0.4, -0.2) is 43.4 Å². The molecular weight excluding hydrogens is 418 g/mol. The van der Waals surface area contributed by atoms with Crippen LogP contribution < -0.4 is 4.74 Å². The van der Waals surface area contributed by atoms with E-state index < -0.39 is 9.84 Å². The van der Waals surface area contributed by atoms with Crippen molar-refractivity contribution >= 4 is 31.7 Å². The average molecular weight is 438 g/mol. The van der Waals surface area contributed by atoms with E-state index in [0.717, 1.165) is 10.0 Å². The highest BCUT2D eigenvalue weighted by molar-refractivity contribution is 9.10. The highest BCUT2D eigenvalue weighted by Crippen LogP contribution is 2.22. The SMILES string of the molecule is O=C(COc1ccccc1)N(Cc1cccc(Br)c1)[C@@H]1CCS(=O)(=O)C1. The van der Waals surface area contributed by atoms with Crippen molar-refractivity contribution in [3.63, 3.8) is 0 Å². The molecule has 1 amide bonds. The fourth-order valence-corrected chi connectivity index (χ4v) is 5.20. The molecule has 0 aliphatic carbocycles. The fourth-order valence-electron chi connectivity index (χ4n) is 3.02. The smallest absolute Gasteiger partial charge is 0.261 e. The number of halogens is 1. The van der Waals surface area contributed by atoms with Crippen LogP contribution in [0.2, 0.25) is 0 Å². The van der Waals surface area contributed by atoms with Crippen molar-refractivity contribution in [3.8, 4) is 5.75 Å². The molecule has 0 saturated carbocycles. The Balaban J connectivity index is 1.74. The van der Waals surface area contributed by atoms with Gasteiger partial charge >= 0.3 is 0 Å². The van der Waals surface area contributed by atoms with E-state index in [9.17, 15) is 13.2 Å². The molecule has 1 aliphatic rings. The van der Waals surface area contributed by atoms with Gasteiger partial charge in [0, 0.05) is 17.1 Å². The van der Waals surface area contributed by atoms with Crippen molar-refractivity contribution in [2.24, 2.45) is 0 Å². The Morgan fingerprint density at radius 3 is 2.58 bits per heavy atom. The minimum atomic E-state index is -3.09. The summed E-state index contributed by atoms with van der Waals surface area (Å²) in [6, 6.07) is 16.5. The average Bonchev–Trinajstić information content (AvgIpc) is 2.98. The maximum atomic E-state index is 12.8. The number of ether oxygens (including phenoxy) is 1. The molecule has 0 spiro atoms. The number of benzene rings is 2. The van der Waals surface area contributed by atoms with Crippen LogP contribution in [-0.2, 0) is 21.2 Å². The first-order valence-electron chi connectivity index (χ1n) is 8.35. The second kappa shape index (κ2) is 8.22. The third-order valence-corrected chi connectivity index (χ3v) is 6.56. The lowest BCUT2D eigenvalue weighted by Gasteiger charge is -2.28. The molecule has 2 aromatic carbocycles. The molecule has 138 valence electrons. The number of amides is 1. The third-order valence-electron chi connectivity index (χ3n) is 4.32. The zero-order valence-electron chi connectivity index (χ0n) is 14.2. The third kappa shape index (κ3) is 5.08. The number of nitrogens with zero attached hydrogens (tertiary/aromatic N) is 1. The van der Waals surface area contributed by atoms with Gasteiger partial charge in [0.2, 0.25) is 0 Å². The molecule has 0 unspecified atom stereocenters. The van der Waals surface area contributed by atoms with E-state index in [4.69, 9.17) is 4.74 Å². The largest absolute Gasteiger partial charge is 0.484 e. The van der Waals surface area contributed by atoms with Gasteiger partial charge in [-0.15, -0.1) is 0 Å². The summed E-state index contributed by atoms with van der Waals surface area (Å²) < 4.78 is 30.2. The first kappa shape index (κ1) is 18.9. The van der Waals surface area contributed by atoms with Crippen molar-refractivity contribution in [2.45, 2.75) is 19.0 Å². The summed E-state index contributed by atoms with van der Waals surface area (Å²) in [4.78, 5) is 14.4. The Hall–Kier alpha value is -1.86. The molecule has 2 aromatic rings. The van der Waals surface area contributed by atoms with Crippen LogP contribution in [0.25, 0.3) is 0 Å². The number of para-hydroxylation sites is 1. The summed E-state index contributed by atoms with van der Waals surface area (Å²) in [5.41, 5.74) is 0.941. The van der Waals surface area contributed by atoms with Gasteiger partial charge in [-0.05, 0) is 36.2 Å². The second-order valence-electron chi connectivity index (χ2n) is 6.31. The normalized spacial score (nSPS) is 18.4. The van der Waals surface area contributed by atoms with Crippen molar-refractivity contribution in [1.29, 1.82) is 0 Å². The van der Waals surface area contributed by atoms with E-state index in [-0.39, 0.29) is 30.1 Å². The second-order valence-corrected chi connectivity index (χ2v) is 9.45. The predicted octanol–water partition coefficient (Wildman–Crippen LogP) is 3.04. The summed E-state index contributed by atoms with van der Waals surface area (Å²) >= 11 is 3.43. The molecule has 5 nitrogen and oxygen atoms in total. The van der Waals surface area contributed by atoms with Crippen LogP contribution in [0, 0.1) is 0 Å². The molecule has 1 fully saturated rings. The first-order valence-corrected chi connectivity index (χ1v) is 11.0. The van der Waals surface area contributed by atoms with E-state index >= 15 is 0 Å². The Morgan fingerprint density at radius 2 is 1.92 bits per heavy atom. The van der Waals surface area contributed by atoms with Crippen LogP contribution in [0.1, 0.15) is 12.0 Å². The zero-order valence-corrected chi connectivity index (χ0v) is 16.6. The number of hydrogen-bond acceptors (Lipinski definition) is 4. The Bertz CT molecular complexity index is 870. The molecule has 0 N–H and O–H groups in total. The van der Waals surface area contributed by atoms with Crippen LogP contribution in [0.5, 0.6) is 5.75 Å². The van der Waals surface area contributed by atoms with Gasteiger partial charge in [-0.2, -0.15) is 0 Å². The van der Waals surface area contributed by atoms with Gasteiger partial charge in [0.25, 0.3) is 5.91 Å². The molecule has 0 aromatic heterocycles. The fraction of sp³-hybridized carbons (Fsp3) is 0.316. The summed E-state index contributed by atoms with van der Waals surface area (Å²) in [5, 5.41) is 0. The minimum Gasteiger partial charge on any atom is -0.484 e. The maximum Gasteiger partial charge on any atom is 0.261 e. The predicted molar refractivity (Wildman–Crippen MR) is 104 cm³/mol. The van der Waals surface area contributed by atoms with Crippen molar-refractivity contribution in [1.82, 2.24) is 4.90 Å². The molecular formula is C19H20BrNO4S. The summed E-state index contributed by atoms with van der Waals surface area (Å²) in [7, 11) is -3.09. The van der Waals surface area contributed by atoms with Crippen LogP contribution in [0.3, 0.4) is 0 Å². The molecule has 1 aliphatic heterocycles. The number of sulfone groups is 1. The van der Waals surface area contributed by atoms with Gasteiger partial charge in [0.15, 0.2) is 16.4 Å². The van der Waals surface area contributed by atoms with Gasteiger partial charge in [-0.3, -0.25) is 4.79 Å². The van der Waals surface area contributed by atoms with E-state index in [2.05, 4.69) is 15.9 Å². The number of carbonyl (C=O) groups excluding carboxylic acids is 1. The standard InChI is InChI=1S/C19H20BrNO4S/c20-16-6-4-5-15(11-16)12-21(17-9-10-26(23,24)14-17)19(22)13-25-18-7-2-1-3-8-18/h1-8,11,17H,9-10,12-14H2/t17-/m1/s1. The topological polar surface area (TPSA) is 63.7 Å².